The zero-order valence-electron chi connectivity index (χ0n) is 9.58. The van der Waals surface area contributed by atoms with Crippen molar-refractivity contribution in [3.05, 3.63) is 12.7 Å². The molecule has 2 amide bonds. The number of hydrogen-bond acceptors (Lipinski definition) is 4. The van der Waals surface area contributed by atoms with E-state index in [1.54, 1.807) is 0 Å². The lowest BCUT2D eigenvalue weighted by Gasteiger charge is -2.22. The lowest BCUT2D eigenvalue weighted by molar-refractivity contribution is -0.139. The van der Waals surface area contributed by atoms with E-state index in [-0.39, 0.29) is 19.7 Å². The van der Waals surface area contributed by atoms with Gasteiger partial charge in [0.1, 0.15) is 5.60 Å². The van der Waals surface area contributed by atoms with E-state index in [0.29, 0.717) is 0 Å². The van der Waals surface area contributed by atoms with Gasteiger partial charge in [-0.05, 0) is 6.92 Å². The summed E-state index contributed by atoms with van der Waals surface area (Å²) < 4.78 is 4.75. The van der Waals surface area contributed by atoms with Crippen LogP contribution in [0.3, 0.4) is 0 Å². The first-order valence-corrected chi connectivity index (χ1v) is 4.81. The first-order chi connectivity index (χ1) is 7.43. The largest absolute Gasteiger partial charge is 0.386 e. The predicted molar refractivity (Wildman–Crippen MR) is 58.7 cm³/mol. The minimum atomic E-state index is -1.19. The number of methoxy groups -OCH3 is 1. The van der Waals surface area contributed by atoms with Gasteiger partial charge in [-0.25, -0.2) is 0 Å². The molecule has 6 nitrogen and oxygen atoms in total. The van der Waals surface area contributed by atoms with Crippen molar-refractivity contribution >= 4 is 11.8 Å². The van der Waals surface area contributed by atoms with E-state index in [2.05, 4.69) is 17.2 Å². The van der Waals surface area contributed by atoms with Crippen molar-refractivity contribution in [1.82, 2.24) is 10.6 Å². The maximum atomic E-state index is 11.2. The Balaban J connectivity index is 3.96. The third kappa shape index (κ3) is 6.15. The molecule has 0 bridgehead atoms. The normalized spacial score (nSPS) is 13.7. The molecule has 0 aromatic rings. The van der Waals surface area contributed by atoms with Crippen molar-refractivity contribution in [3.8, 4) is 0 Å². The first-order valence-electron chi connectivity index (χ1n) is 4.81. The number of aliphatic hydroxyl groups is 1. The zero-order chi connectivity index (χ0) is 12.6. The van der Waals surface area contributed by atoms with Crippen molar-refractivity contribution in [2.24, 2.45) is 0 Å². The quantitative estimate of drug-likeness (QED) is 0.395. The second kappa shape index (κ2) is 6.97. The van der Waals surface area contributed by atoms with Crippen molar-refractivity contribution in [2.45, 2.75) is 12.5 Å². The van der Waals surface area contributed by atoms with Crippen LogP contribution in [-0.2, 0) is 14.3 Å². The number of amides is 2. The van der Waals surface area contributed by atoms with Crippen LogP contribution < -0.4 is 10.6 Å². The predicted octanol–water partition coefficient (Wildman–Crippen LogP) is -1.20. The van der Waals surface area contributed by atoms with Crippen LogP contribution in [0.15, 0.2) is 12.7 Å². The summed E-state index contributed by atoms with van der Waals surface area (Å²) in [6.07, 6.45) is 1.46. The van der Waals surface area contributed by atoms with Gasteiger partial charge in [0.15, 0.2) is 0 Å². The highest BCUT2D eigenvalue weighted by atomic mass is 16.5. The molecule has 16 heavy (non-hydrogen) atoms. The van der Waals surface area contributed by atoms with Gasteiger partial charge in [0.25, 0.3) is 0 Å². The average molecular weight is 230 g/mol. The molecule has 3 N–H and O–H groups in total. The van der Waals surface area contributed by atoms with Crippen LogP contribution in [-0.4, -0.2) is 49.3 Å². The van der Waals surface area contributed by atoms with E-state index < -0.39 is 17.4 Å². The van der Waals surface area contributed by atoms with Crippen LogP contribution in [0.2, 0.25) is 0 Å². The van der Waals surface area contributed by atoms with Crippen molar-refractivity contribution in [2.75, 3.05) is 26.8 Å². The Labute approximate surface area is 94.7 Å². The Kier molecular flexibility index (Phi) is 6.36. The van der Waals surface area contributed by atoms with Gasteiger partial charge in [0.2, 0.25) is 0 Å². The number of nitrogens with one attached hydrogen (secondary N) is 2. The molecule has 0 spiro atoms. The Bertz CT molecular complexity index is 264. The van der Waals surface area contributed by atoms with E-state index in [9.17, 15) is 14.7 Å². The number of rotatable bonds is 6. The highest BCUT2D eigenvalue weighted by Crippen LogP contribution is 2.00. The van der Waals surface area contributed by atoms with E-state index in [4.69, 9.17) is 4.74 Å². The standard InChI is InChI=1S/C10H18N2O4/c1-4-5-11-8(13)9(14)12-6-10(2,15)7-16-3/h4,15H,1,5-7H2,2-3H3,(H,11,13)(H,12,14). The zero-order valence-corrected chi connectivity index (χ0v) is 9.58. The lowest BCUT2D eigenvalue weighted by atomic mass is 10.1. The van der Waals surface area contributed by atoms with Gasteiger partial charge in [-0.3, -0.25) is 9.59 Å². The van der Waals surface area contributed by atoms with Crippen LogP contribution in [0.25, 0.3) is 0 Å². The molecular formula is C10H18N2O4. The third-order valence-electron chi connectivity index (χ3n) is 1.70. The van der Waals surface area contributed by atoms with E-state index in [1.807, 2.05) is 0 Å². The summed E-state index contributed by atoms with van der Waals surface area (Å²) in [5.74, 6) is -1.55. The first kappa shape index (κ1) is 14.6. The van der Waals surface area contributed by atoms with E-state index in [1.165, 1.54) is 20.1 Å². The summed E-state index contributed by atoms with van der Waals surface area (Å²) >= 11 is 0. The van der Waals surface area contributed by atoms with Gasteiger partial charge < -0.3 is 20.5 Å². The maximum Gasteiger partial charge on any atom is 0.309 e. The Morgan fingerprint density at radius 3 is 2.50 bits per heavy atom. The second-order valence-corrected chi connectivity index (χ2v) is 3.61. The maximum absolute atomic E-state index is 11.2. The fraction of sp³-hybridized carbons (Fsp3) is 0.600. The van der Waals surface area contributed by atoms with Gasteiger partial charge in [0.05, 0.1) is 6.61 Å². The summed E-state index contributed by atoms with van der Waals surface area (Å²) in [5, 5.41) is 14.3. The molecule has 0 rings (SSSR count). The summed E-state index contributed by atoms with van der Waals surface area (Å²) in [7, 11) is 1.44. The molecule has 0 aliphatic carbocycles. The third-order valence-corrected chi connectivity index (χ3v) is 1.70. The minimum Gasteiger partial charge on any atom is -0.386 e. The van der Waals surface area contributed by atoms with E-state index >= 15 is 0 Å². The Morgan fingerprint density at radius 1 is 1.44 bits per heavy atom. The lowest BCUT2D eigenvalue weighted by Crippen LogP contribution is -2.48. The van der Waals surface area contributed by atoms with Crippen LogP contribution in [0, 0.1) is 0 Å². The van der Waals surface area contributed by atoms with E-state index in [0.717, 1.165) is 0 Å². The summed E-state index contributed by atoms with van der Waals surface area (Å²) in [6.45, 7) is 5.14. The fourth-order valence-corrected chi connectivity index (χ4v) is 0.958. The van der Waals surface area contributed by atoms with Gasteiger partial charge >= 0.3 is 11.8 Å². The highest BCUT2D eigenvalue weighted by Gasteiger charge is 2.22. The molecular weight excluding hydrogens is 212 g/mol. The monoisotopic (exact) mass is 230 g/mol. The van der Waals surface area contributed by atoms with Gasteiger partial charge in [0, 0.05) is 20.2 Å². The Morgan fingerprint density at radius 2 is 2.00 bits per heavy atom. The second-order valence-electron chi connectivity index (χ2n) is 3.61. The smallest absolute Gasteiger partial charge is 0.309 e. The van der Waals surface area contributed by atoms with Gasteiger partial charge in [-0.1, -0.05) is 6.08 Å². The van der Waals surface area contributed by atoms with Crippen LogP contribution in [0.1, 0.15) is 6.92 Å². The average Bonchev–Trinajstić information content (AvgIpc) is 2.22. The summed E-state index contributed by atoms with van der Waals surface area (Å²) in [6, 6.07) is 0. The van der Waals surface area contributed by atoms with Crippen LogP contribution >= 0.6 is 0 Å². The molecule has 6 heteroatoms. The molecule has 1 atom stereocenters. The molecule has 0 aromatic carbocycles. The van der Waals surface area contributed by atoms with Crippen LogP contribution in [0.4, 0.5) is 0 Å². The SMILES string of the molecule is C=CCNC(=O)C(=O)NCC(C)(O)COC. The van der Waals surface area contributed by atoms with Crippen molar-refractivity contribution in [3.63, 3.8) is 0 Å². The number of hydrogen-bond donors (Lipinski definition) is 3. The van der Waals surface area contributed by atoms with Crippen molar-refractivity contribution in [1.29, 1.82) is 0 Å². The summed E-state index contributed by atoms with van der Waals surface area (Å²) in [4.78, 5) is 22.3. The van der Waals surface area contributed by atoms with Gasteiger partial charge in [-0.2, -0.15) is 0 Å². The number of carbonyl (C=O) groups excluding carboxylic acids is 2. The molecule has 0 aromatic heterocycles. The summed E-state index contributed by atoms with van der Waals surface area (Å²) in [5.41, 5.74) is -1.19. The molecule has 0 heterocycles. The molecule has 0 saturated heterocycles. The number of ether oxygens (including phenoxy) is 1. The molecule has 0 aliphatic rings. The molecule has 0 aliphatic heterocycles. The fourth-order valence-electron chi connectivity index (χ4n) is 0.958. The molecule has 1 unspecified atom stereocenters. The molecule has 0 saturated carbocycles. The van der Waals surface area contributed by atoms with Crippen molar-refractivity contribution < 1.29 is 19.4 Å². The van der Waals surface area contributed by atoms with Crippen LogP contribution in [0.5, 0.6) is 0 Å². The highest BCUT2D eigenvalue weighted by molar-refractivity contribution is 6.35. The molecule has 0 fully saturated rings. The topological polar surface area (TPSA) is 87.7 Å². The Hall–Kier alpha value is -1.40. The molecule has 92 valence electrons. The molecule has 0 radical (unpaired) electrons. The number of carbonyl (C=O) groups is 2. The van der Waals surface area contributed by atoms with Gasteiger partial charge in [-0.15, -0.1) is 6.58 Å². The minimum absolute atomic E-state index is 0.0544.